The fraction of sp³-hybridized carbons (Fsp3) is 0.182. The number of nitrogens with one attached hydrogen (secondary N) is 2. The van der Waals surface area contributed by atoms with Crippen molar-refractivity contribution in [3.05, 3.63) is 46.2 Å². The minimum absolute atomic E-state index is 0.783. The molecule has 0 aliphatic heterocycles. The van der Waals surface area contributed by atoms with E-state index in [2.05, 4.69) is 31.4 Å². The molecule has 1 aromatic heterocycles. The summed E-state index contributed by atoms with van der Waals surface area (Å²) in [6.45, 7) is 2.80. The Morgan fingerprint density at radius 3 is 2.87 bits per heavy atom. The second-order valence-corrected chi connectivity index (χ2v) is 4.21. The molecule has 0 saturated heterocycles. The number of aromatic amines is 1. The van der Waals surface area contributed by atoms with Gasteiger partial charge in [0.1, 0.15) is 0 Å². The van der Waals surface area contributed by atoms with Gasteiger partial charge in [0, 0.05) is 28.0 Å². The van der Waals surface area contributed by atoms with Crippen LogP contribution in [-0.2, 0) is 6.54 Å². The minimum atomic E-state index is 0.783. The number of halogens is 1. The van der Waals surface area contributed by atoms with Gasteiger partial charge in [0.05, 0.1) is 6.20 Å². The van der Waals surface area contributed by atoms with Crippen molar-refractivity contribution in [1.82, 2.24) is 10.2 Å². The Labute approximate surface area is 97.0 Å². The van der Waals surface area contributed by atoms with Crippen molar-refractivity contribution in [1.29, 1.82) is 0 Å². The number of hydrogen-bond acceptors (Lipinski definition) is 2. The van der Waals surface area contributed by atoms with E-state index in [9.17, 15) is 0 Å². The highest BCUT2D eigenvalue weighted by Gasteiger charge is 2.01. The molecule has 3 nitrogen and oxygen atoms in total. The molecule has 0 aliphatic rings. The first-order chi connectivity index (χ1) is 7.27. The summed E-state index contributed by atoms with van der Waals surface area (Å²) in [4.78, 5) is 0. The Hall–Kier alpha value is -1.29. The van der Waals surface area contributed by atoms with Crippen molar-refractivity contribution in [3.8, 4) is 0 Å². The molecule has 0 aliphatic carbocycles. The average molecular weight is 266 g/mol. The number of rotatable bonds is 3. The fourth-order valence-corrected chi connectivity index (χ4v) is 1.77. The quantitative estimate of drug-likeness (QED) is 0.896. The maximum absolute atomic E-state index is 3.98. The zero-order valence-corrected chi connectivity index (χ0v) is 10.0. The van der Waals surface area contributed by atoms with Gasteiger partial charge in [0.15, 0.2) is 0 Å². The van der Waals surface area contributed by atoms with E-state index in [0.717, 1.165) is 22.4 Å². The highest BCUT2D eigenvalue weighted by molar-refractivity contribution is 9.10. The average Bonchev–Trinajstić information content (AvgIpc) is 2.63. The van der Waals surface area contributed by atoms with Gasteiger partial charge in [-0.25, -0.2) is 0 Å². The zero-order chi connectivity index (χ0) is 10.7. The monoisotopic (exact) mass is 265 g/mol. The van der Waals surface area contributed by atoms with Gasteiger partial charge in [-0.05, 0) is 35.0 Å². The van der Waals surface area contributed by atoms with Crippen LogP contribution in [0, 0.1) is 6.92 Å². The fourth-order valence-electron chi connectivity index (χ4n) is 1.35. The summed E-state index contributed by atoms with van der Waals surface area (Å²) in [5.74, 6) is 0. The van der Waals surface area contributed by atoms with Crippen molar-refractivity contribution in [2.45, 2.75) is 13.5 Å². The number of aromatic nitrogens is 2. The van der Waals surface area contributed by atoms with E-state index >= 15 is 0 Å². The van der Waals surface area contributed by atoms with E-state index in [1.165, 1.54) is 5.56 Å². The molecule has 2 N–H and O–H groups in total. The maximum Gasteiger partial charge on any atom is 0.0539 e. The summed E-state index contributed by atoms with van der Waals surface area (Å²) < 4.78 is 1.08. The molecule has 0 saturated carbocycles. The third kappa shape index (κ3) is 2.39. The van der Waals surface area contributed by atoms with Crippen LogP contribution in [0.15, 0.2) is 34.9 Å². The lowest BCUT2D eigenvalue weighted by Gasteiger charge is -2.07. The van der Waals surface area contributed by atoms with Crippen LogP contribution in [0.25, 0.3) is 0 Å². The lowest BCUT2D eigenvalue weighted by molar-refractivity contribution is 1.04. The molecule has 2 aromatic rings. The summed E-state index contributed by atoms with van der Waals surface area (Å²) in [6, 6.07) is 8.07. The molecule has 15 heavy (non-hydrogen) atoms. The van der Waals surface area contributed by atoms with E-state index in [4.69, 9.17) is 0 Å². The first kappa shape index (κ1) is 10.2. The standard InChI is InChI=1S/C11H12BrN3/c1-8-9(7-14-15-8)6-13-11-5-3-2-4-10(11)12/h2-5,7,13H,6H2,1H3,(H,14,15). The van der Waals surface area contributed by atoms with Crippen LogP contribution in [0.5, 0.6) is 0 Å². The number of anilines is 1. The summed E-state index contributed by atoms with van der Waals surface area (Å²) in [5, 5.41) is 10.2. The third-order valence-corrected chi connectivity index (χ3v) is 2.97. The van der Waals surface area contributed by atoms with Gasteiger partial charge in [-0.1, -0.05) is 12.1 Å². The molecular formula is C11H12BrN3. The van der Waals surface area contributed by atoms with E-state index in [-0.39, 0.29) is 0 Å². The van der Waals surface area contributed by atoms with Crippen LogP contribution in [0.1, 0.15) is 11.3 Å². The van der Waals surface area contributed by atoms with Crippen LogP contribution in [-0.4, -0.2) is 10.2 Å². The molecule has 0 fully saturated rings. The van der Waals surface area contributed by atoms with Gasteiger partial charge in [-0.3, -0.25) is 5.10 Å². The topological polar surface area (TPSA) is 40.7 Å². The lowest BCUT2D eigenvalue weighted by atomic mass is 10.2. The Morgan fingerprint density at radius 2 is 2.20 bits per heavy atom. The largest absolute Gasteiger partial charge is 0.380 e. The van der Waals surface area contributed by atoms with E-state index in [1.54, 1.807) is 0 Å². The molecule has 2 rings (SSSR count). The normalized spacial score (nSPS) is 10.3. The second kappa shape index (κ2) is 4.49. The lowest BCUT2D eigenvalue weighted by Crippen LogP contribution is -2.00. The zero-order valence-electron chi connectivity index (χ0n) is 8.42. The van der Waals surface area contributed by atoms with E-state index < -0.39 is 0 Å². The molecular weight excluding hydrogens is 254 g/mol. The first-order valence-electron chi connectivity index (χ1n) is 4.74. The van der Waals surface area contributed by atoms with Crippen LogP contribution in [0.4, 0.5) is 5.69 Å². The predicted octanol–water partition coefficient (Wildman–Crippen LogP) is 3.09. The Kier molecular flexibility index (Phi) is 3.06. The number of H-pyrrole nitrogens is 1. The van der Waals surface area contributed by atoms with E-state index in [1.807, 2.05) is 37.4 Å². The van der Waals surface area contributed by atoms with Crippen molar-refractivity contribution < 1.29 is 0 Å². The summed E-state index contributed by atoms with van der Waals surface area (Å²) >= 11 is 3.49. The molecule has 1 heterocycles. The predicted molar refractivity (Wildman–Crippen MR) is 64.8 cm³/mol. The van der Waals surface area contributed by atoms with Crippen LogP contribution in [0.3, 0.4) is 0 Å². The number of aryl methyl sites for hydroxylation is 1. The molecule has 0 spiro atoms. The van der Waals surface area contributed by atoms with Crippen LogP contribution >= 0.6 is 15.9 Å². The second-order valence-electron chi connectivity index (χ2n) is 3.35. The molecule has 0 atom stereocenters. The molecule has 4 heteroatoms. The van der Waals surface area contributed by atoms with Crippen molar-refractivity contribution in [3.63, 3.8) is 0 Å². The Balaban J connectivity index is 2.06. The van der Waals surface area contributed by atoms with Gasteiger partial charge in [-0.15, -0.1) is 0 Å². The number of hydrogen-bond donors (Lipinski definition) is 2. The maximum atomic E-state index is 3.98. The molecule has 0 bridgehead atoms. The SMILES string of the molecule is Cc1[nH]ncc1CNc1ccccc1Br. The van der Waals surface area contributed by atoms with Gasteiger partial charge < -0.3 is 5.32 Å². The molecule has 0 unspecified atom stereocenters. The van der Waals surface area contributed by atoms with Crippen LogP contribution in [0.2, 0.25) is 0 Å². The Bertz CT molecular complexity index is 451. The summed E-state index contributed by atoms with van der Waals surface area (Å²) in [5.41, 5.74) is 3.39. The summed E-state index contributed by atoms with van der Waals surface area (Å²) in [6.07, 6.45) is 1.85. The van der Waals surface area contributed by atoms with Gasteiger partial charge in [0.2, 0.25) is 0 Å². The van der Waals surface area contributed by atoms with Gasteiger partial charge in [-0.2, -0.15) is 5.10 Å². The number of para-hydroxylation sites is 1. The molecule has 0 amide bonds. The molecule has 78 valence electrons. The van der Waals surface area contributed by atoms with Gasteiger partial charge in [0.25, 0.3) is 0 Å². The van der Waals surface area contributed by atoms with Crippen molar-refractivity contribution >= 4 is 21.6 Å². The van der Waals surface area contributed by atoms with Gasteiger partial charge >= 0.3 is 0 Å². The first-order valence-corrected chi connectivity index (χ1v) is 5.54. The minimum Gasteiger partial charge on any atom is -0.380 e. The van der Waals surface area contributed by atoms with E-state index in [0.29, 0.717) is 0 Å². The van der Waals surface area contributed by atoms with Crippen LogP contribution < -0.4 is 5.32 Å². The summed E-state index contributed by atoms with van der Waals surface area (Å²) in [7, 11) is 0. The number of nitrogens with zero attached hydrogens (tertiary/aromatic N) is 1. The Morgan fingerprint density at radius 1 is 1.40 bits per heavy atom. The highest BCUT2D eigenvalue weighted by atomic mass is 79.9. The molecule has 0 radical (unpaired) electrons. The van der Waals surface area contributed by atoms with Crippen molar-refractivity contribution in [2.75, 3.05) is 5.32 Å². The highest BCUT2D eigenvalue weighted by Crippen LogP contribution is 2.21. The molecule has 1 aromatic carbocycles. The smallest absolute Gasteiger partial charge is 0.0539 e. The van der Waals surface area contributed by atoms with Crippen molar-refractivity contribution in [2.24, 2.45) is 0 Å². The third-order valence-electron chi connectivity index (χ3n) is 2.28. The number of benzene rings is 1.